The van der Waals surface area contributed by atoms with Crippen LogP contribution in [0.3, 0.4) is 0 Å². The maximum absolute atomic E-state index is 5.74. The van der Waals surface area contributed by atoms with E-state index < -0.39 is 0 Å². The molecule has 1 aromatic heterocycles. The lowest BCUT2D eigenvalue weighted by molar-refractivity contribution is 0.197. The summed E-state index contributed by atoms with van der Waals surface area (Å²) < 4.78 is 5.74. The Kier molecular flexibility index (Phi) is 4.85. The second-order valence-corrected chi connectivity index (χ2v) is 6.37. The van der Waals surface area contributed by atoms with E-state index in [1.807, 2.05) is 30.3 Å². The van der Waals surface area contributed by atoms with Crippen molar-refractivity contribution < 1.29 is 4.74 Å². The van der Waals surface area contributed by atoms with Gasteiger partial charge < -0.3 is 10.1 Å². The second-order valence-electron chi connectivity index (χ2n) is 5.42. The van der Waals surface area contributed by atoms with Crippen molar-refractivity contribution in [3.05, 3.63) is 46.4 Å². The van der Waals surface area contributed by atoms with Crippen LogP contribution >= 0.6 is 11.3 Å². The van der Waals surface area contributed by atoms with Gasteiger partial charge in [0.25, 0.3) is 0 Å². The van der Waals surface area contributed by atoms with Gasteiger partial charge in [-0.1, -0.05) is 18.2 Å². The Hall–Kier alpha value is -1.43. The number of thiazole rings is 1. The van der Waals surface area contributed by atoms with Crippen LogP contribution in [0.5, 0.6) is 5.75 Å². The van der Waals surface area contributed by atoms with Crippen molar-refractivity contribution in [2.45, 2.75) is 26.1 Å². The van der Waals surface area contributed by atoms with Crippen LogP contribution < -0.4 is 10.1 Å². The van der Waals surface area contributed by atoms with Crippen molar-refractivity contribution in [2.24, 2.45) is 0 Å². The van der Waals surface area contributed by atoms with E-state index in [4.69, 9.17) is 4.74 Å². The fourth-order valence-corrected chi connectivity index (χ4v) is 3.23. The van der Waals surface area contributed by atoms with Gasteiger partial charge in [-0.3, -0.25) is 4.90 Å². The topological polar surface area (TPSA) is 37.4 Å². The maximum atomic E-state index is 5.74. The number of ether oxygens (including phenoxy) is 1. The molecule has 1 aliphatic rings. The third kappa shape index (κ3) is 4.27. The van der Waals surface area contributed by atoms with Gasteiger partial charge in [0.1, 0.15) is 17.4 Å². The minimum Gasteiger partial charge on any atom is -0.486 e. The van der Waals surface area contributed by atoms with Crippen molar-refractivity contribution >= 4 is 11.3 Å². The van der Waals surface area contributed by atoms with Gasteiger partial charge in [-0.25, -0.2) is 4.98 Å². The van der Waals surface area contributed by atoms with Gasteiger partial charge in [0, 0.05) is 37.6 Å². The average Bonchev–Trinajstić information content (AvgIpc) is 2.94. The molecule has 1 fully saturated rings. The van der Waals surface area contributed by atoms with Crippen LogP contribution in [0.4, 0.5) is 0 Å². The first-order valence-corrected chi connectivity index (χ1v) is 8.24. The third-order valence-corrected chi connectivity index (χ3v) is 4.41. The van der Waals surface area contributed by atoms with Crippen molar-refractivity contribution in [1.82, 2.24) is 15.2 Å². The van der Waals surface area contributed by atoms with Crippen LogP contribution in [0.25, 0.3) is 0 Å². The van der Waals surface area contributed by atoms with E-state index in [1.165, 1.54) is 0 Å². The number of hydrogen-bond acceptors (Lipinski definition) is 5. The number of rotatable bonds is 5. The van der Waals surface area contributed by atoms with E-state index in [0.717, 1.165) is 42.6 Å². The van der Waals surface area contributed by atoms with E-state index >= 15 is 0 Å². The molecule has 112 valence electrons. The van der Waals surface area contributed by atoms with Crippen LogP contribution in [-0.2, 0) is 13.2 Å². The molecule has 4 nitrogen and oxygen atoms in total. The molecule has 0 radical (unpaired) electrons. The molecule has 1 saturated heterocycles. The van der Waals surface area contributed by atoms with Crippen LogP contribution in [0.1, 0.15) is 17.6 Å². The summed E-state index contributed by atoms with van der Waals surface area (Å²) in [7, 11) is 0. The predicted molar refractivity (Wildman–Crippen MR) is 85.6 cm³/mol. The van der Waals surface area contributed by atoms with E-state index in [9.17, 15) is 0 Å². The van der Waals surface area contributed by atoms with Gasteiger partial charge >= 0.3 is 0 Å². The molecule has 0 amide bonds. The quantitative estimate of drug-likeness (QED) is 0.921. The number of nitrogens with one attached hydrogen (secondary N) is 1. The molecule has 0 bridgehead atoms. The molecule has 0 unspecified atom stereocenters. The Morgan fingerprint density at radius 3 is 3.05 bits per heavy atom. The van der Waals surface area contributed by atoms with Crippen molar-refractivity contribution in [1.29, 1.82) is 0 Å². The summed E-state index contributed by atoms with van der Waals surface area (Å²) in [6.45, 7) is 6.97. The minimum absolute atomic E-state index is 0.548. The van der Waals surface area contributed by atoms with Gasteiger partial charge in [0.15, 0.2) is 0 Å². The molecular formula is C16H21N3OS. The SMILES string of the molecule is C[C@@H]1CN(Cc2csc(COc3ccccc3)n2)CCN1. The monoisotopic (exact) mass is 303 g/mol. The summed E-state index contributed by atoms with van der Waals surface area (Å²) >= 11 is 1.68. The summed E-state index contributed by atoms with van der Waals surface area (Å²) in [6.07, 6.45) is 0. The van der Waals surface area contributed by atoms with Crippen LogP contribution in [0, 0.1) is 0 Å². The highest BCUT2D eigenvalue weighted by molar-refractivity contribution is 7.09. The zero-order valence-corrected chi connectivity index (χ0v) is 13.1. The van der Waals surface area contributed by atoms with Gasteiger partial charge in [-0.2, -0.15) is 0 Å². The van der Waals surface area contributed by atoms with Gasteiger partial charge in [-0.05, 0) is 19.1 Å². The smallest absolute Gasteiger partial charge is 0.140 e. The van der Waals surface area contributed by atoms with Gasteiger partial charge in [0.2, 0.25) is 0 Å². The zero-order chi connectivity index (χ0) is 14.5. The molecule has 1 atom stereocenters. The zero-order valence-electron chi connectivity index (χ0n) is 12.3. The Bertz CT molecular complexity index is 558. The van der Waals surface area contributed by atoms with Crippen LogP contribution in [-0.4, -0.2) is 35.6 Å². The number of benzene rings is 1. The Balaban J connectivity index is 1.51. The number of piperazine rings is 1. The standard InChI is InChI=1S/C16H21N3OS/c1-13-9-19(8-7-17-13)10-14-12-21-16(18-14)11-20-15-5-3-2-4-6-15/h2-6,12-13,17H,7-11H2,1H3/t13-/m1/s1. The molecule has 0 aliphatic carbocycles. The van der Waals surface area contributed by atoms with Crippen molar-refractivity contribution in [2.75, 3.05) is 19.6 Å². The Labute approximate surface area is 129 Å². The molecule has 1 aromatic carbocycles. The first-order chi connectivity index (χ1) is 10.3. The van der Waals surface area contributed by atoms with Gasteiger partial charge in [0.05, 0.1) is 5.69 Å². The highest BCUT2D eigenvalue weighted by Crippen LogP contribution is 2.16. The number of nitrogens with zero attached hydrogens (tertiary/aromatic N) is 2. The largest absolute Gasteiger partial charge is 0.486 e. The molecule has 5 heteroatoms. The summed E-state index contributed by atoms with van der Waals surface area (Å²) in [6, 6.07) is 10.5. The lowest BCUT2D eigenvalue weighted by Crippen LogP contribution is -2.48. The predicted octanol–water partition coefficient (Wildman–Crippen LogP) is 2.52. The molecule has 3 rings (SSSR count). The van der Waals surface area contributed by atoms with Crippen molar-refractivity contribution in [3.8, 4) is 5.75 Å². The van der Waals surface area contributed by atoms with E-state index in [-0.39, 0.29) is 0 Å². The first kappa shape index (κ1) is 14.5. The highest BCUT2D eigenvalue weighted by Gasteiger charge is 2.16. The Morgan fingerprint density at radius 2 is 2.24 bits per heavy atom. The second kappa shape index (κ2) is 7.02. The molecule has 2 heterocycles. The van der Waals surface area contributed by atoms with E-state index in [0.29, 0.717) is 12.6 Å². The van der Waals surface area contributed by atoms with E-state index in [1.54, 1.807) is 11.3 Å². The third-order valence-electron chi connectivity index (χ3n) is 3.54. The number of para-hydroxylation sites is 1. The summed E-state index contributed by atoms with van der Waals surface area (Å²) in [5, 5.41) is 6.65. The molecule has 1 N–H and O–H groups in total. The summed E-state index contributed by atoms with van der Waals surface area (Å²) in [5.41, 5.74) is 1.15. The number of aromatic nitrogens is 1. The molecule has 2 aromatic rings. The molecular weight excluding hydrogens is 282 g/mol. The maximum Gasteiger partial charge on any atom is 0.140 e. The van der Waals surface area contributed by atoms with Crippen LogP contribution in [0.15, 0.2) is 35.7 Å². The minimum atomic E-state index is 0.548. The lowest BCUT2D eigenvalue weighted by atomic mass is 10.2. The molecule has 0 spiro atoms. The average molecular weight is 303 g/mol. The van der Waals surface area contributed by atoms with E-state index in [2.05, 4.69) is 27.5 Å². The normalized spacial score (nSPS) is 19.6. The highest BCUT2D eigenvalue weighted by atomic mass is 32.1. The first-order valence-electron chi connectivity index (χ1n) is 7.36. The molecule has 1 aliphatic heterocycles. The fraction of sp³-hybridized carbons (Fsp3) is 0.438. The Morgan fingerprint density at radius 1 is 1.38 bits per heavy atom. The van der Waals surface area contributed by atoms with Crippen molar-refractivity contribution in [3.63, 3.8) is 0 Å². The molecule has 21 heavy (non-hydrogen) atoms. The van der Waals surface area contributed by atoms with Crippen LogP contribution in [0.2, 0.25) is 0 Å². The van der Waals surface area contributed by atoms with Gasteiger partial charge in [-0.15, -0.1) is 11.3 Å². The summed E-state index contributed by atoms with van der Waals surface area (Å²) in [5.74, 6) is 0.894. The number of hydrogen-bond donors (Lipinski definition) is 1. The molecule has 0 saturated carbocycles. The summed E-state index contributed by atoms with van der Waals surface area (Å²) in [4.78, 5) is 7.13. The fourth-order valence-electron chi connectivity index (χ4n) is 2.53. The lowest BCUT2D eigenvalue weighted by Gasteiger charge is -2.31.